The summed E-state index contributed by atoms with van der Waals surface area (Å²) in [7, 11) is 2.16. The van der Waals surface area contributed by atoms with E-state index < -0.39 is 0 Å². The van der Waals surface area contributed by atoms with Crippen LogP contribution in [0.25, 0.3) is 16.6 Å². The zero-order chi connectivity index (χ0) is 28.6. The van der Waals surface area contributed by atoms with Gasteiger partial charge in [-0.3, -0.25) is 23.8 Å². The molecular formula is C32H36N8O2. The van der Waals surface area contributed by atoms with E-state index in [4.69, 9.17) is 14.8 Å². The van der Waals surface area contributed by atoms with E-state index in [2.05, 4.69) is 45.3 Å². The van der Waals surface area contributed by atoms with Gasteiger partial charge in [0.05, 0.1) is 35.3 Å². The molecule has 1 N–H and O–H groups in total. The fourth-order valence-corrected chi connectivity index (χ4v) is 5.76. The van der Waals surface area contributed by atoms with Crippen molar-refractivity contribution in [3.8, 4) is 5.75 Å². The molecular weight excluding hydrogens is 528 g/mol. The van der Waals surface area contributed by atoms with E-state index in [-0.39, 0.29) is 5.91 Å². The molecule has 0 bridgehead atoms. The lowest BCUT2D eigenvalue weighted by Gasteiger charge is -2.32. The molecule has 1 saturated carbocycles. The van der Waals surface area contributed by atoms with Crippen LogP contribution < -0.4 is 10.1 Å². The van der Waals surface area contributed by atoms with Crippen LogP contribution in [0.5, 0.6) is 5.75 Å². The van der Waals surface area contributed by atoms with E-state index in [1.807, 2.05) is 48.1 Å². The molecule has 4 aromatic heterocycles. The lowest BCUT2D eigenvalue weighted by Crippen LogP contribution is -2.45. The first-order valence-electron chi connectivity index (χ1n) is 14.8. The van der Waals surface area contributed by atoms with E-state index >= 15 is 0 Å². The van der Waals surface area contributed by atoms with E-state index in [1.165, 1.54) is 18.5 Å². The molecule has 7 rings (SSSR count). The highest BCUT2D eigenvalue weighted by Crippen LogP contribution is 2.39. The minimum Gasteiger partial charge on any atom is -0.492 e. The molecule has 2 fully saturated rings. The number of fused-ring (bicyclic) bond motifs is 2. The molecule has 2 aliphatic rings. The number of nitrogens with one attached hydrogen (secondary N) is 1. The Morgan fingerprint density at radius 3 is 2.74 bits per heavy atom. The topological polar surface area (TPSA) is 92.8 Å². The normalized spacial score (nSPS) is 16.3. The fraction of sp³-hybridized carbons (Fsp3) is 0.375. The molecule has 0 unspecified atom stereocenters. The third-order valence-electron chi connectivity index (χ3n) is 8.33. The number of hydrogen-bond donors (Lipinski definition) is 1. The number of likely N-dealkylation sites (N-methyl/N-ethyl adjacent to an activating group) is 1. The predicted molar refractivity (Wildman–Crippen MR) is 162 cm³/mol. The van der Waals surface area contributed by atoms with Gasteiger partial charge in [0.2, 0.25) is 0 Å². The van der Waals surface area contributed by atoms with Gasteiger partial charge >= 0.3 is 0 Å². The largest absolute Gasteiger partial charge is 0.492 e. The van der Waals surface area contributed by atoms with Crippen LogP contribution in [0.3, 0.4) is 0 Å². The van der Waals surface area contributed by atoms with Crippen LogP contribution in [0.4, 0.5) is 5.69 Å². The third kappa shape index (κ3) is 5.47. The molecule has 42 heavy (non-hydrogen) atoms. The minimum absolute atomic E-state index is 0.232. The summed E-state index contributed by atoms with van der Waals surface area (Å²) in [5.41, 5.74) is 5.83. The van der Waals surface area contributed by atoms with Gasteiger partial charge in [-0.15, -0.1) is 0 Å². The molecule has 0 radical (unpaired) electrons. The lowest BCUT2D eigenvalue weighted by atomic mass is 10.1. The highest BCUT2D eigenvalue weighted by molar-refractivity contribution is 6.08. The quantitative estimate of drug-likeness (QED) is 0.287. The van der Waals surface area contributed by atoms with Crippen LogP contribution in [0.2, 0.25) is 0 Å². The smallest absolute Gasteiger partial charge is 0.274 e. The van der Waals surface area contributed by atoms with Crippen molar-refractivity contribution in [2.75, 3.05) is 51.7 Å². The van der Waals surface area contributed by atoms with E-state index in [1.54, 1.807) is 10.6 Å². The van der Waals surface area contributed by atoms with Crippen molar-refractivity contribution >= 4 is 28.1 Å². The van der Waals surface area contributed by atoms with Crippen molar-refractivity contribution in [3.63, 3.8) is 0 Å². The van der Waals surface area contributed by atoms with Crippen molar-refractivity contribution < 1.29 is 9.53 Å². The van der Waals surface area contributed by atoms with Crippen LogP contribution in [0, 0.1) is 6.92 Å². The Balaban J connectivity index is 1.05. The number of benzene rings is 1. The van der Waals surface area contributed by atoms with Crippen LogP contribution in [-0.2, 0) is 6.54 Å². The first-order chi connectivity index (χ1) is 20.5. The molecule has 1 saturated heterocycles. The van der Waals surface area contributed by atoms with Crippen LogP contribution in [0.15, 0.2) is 60.9 Å². The fourth-order valence-electron chi connectivity index (χ4n) is 5.76. The number of anilines is 1. The Morgan fingerprint density at radius 2 is 1.90 bits per heavy atom. The number of rotatable bonds is 9. The van der Waals surface area contributed by atoms with E-state index in [0.29, 0.717) is 30.4 Å². The number of carbonyl (C=O) groups is 1. The van der Waals surface area contributed by atoms with E-state index in [0.717, 1.165) is 66.5 Å². The highest BCUT2D eigenvalue weighted by atomic mass is 16.5. The van der Waals surface area contributed by atoms with Crippen molar-refractivity contribution in [3.05, 3.63) is 83.7 Å². The number of ether oxygens (including phenoxy) is 1. The molecule has 5 aromatic rings. The summed E-state index contributed by atoms with van der Waals surface area (Å²) < 4.78 is 9.77. The summed E-state index contributed by atoms with van der Waals surface area (Å²) in [5.74, 6) is 1.12. The number of pyridine rings is 2. The third-order valence-corrected chi connectivity index (χ3v) is 8.33. The van der Waals surface area contributed by atoms with Gasteiger partial charge in [-0.05, 0) is 57.1 Å². The molecule has 10 heteroatoms. The van der Waals surface area contributed by atoms with Crippen molar-refractivity contribution in [2.24, 2.45) is 0 Å². The summed E-state index contributed by atoms with van der Waals surface area (Å²) in [6.45, 7) is 8.38. The maximum Gasteiger partial charge on any atom is 0.274 e. The summed E-state index contributed by atoms with van der Waals surface area (Å²) in [6.07, 6.45) is 5.90. The average molecular weight is 565 g/mol. The predicted octanol–water partition coefficient (Wildman–Crippen LogP) is 4.19. The van der Waals surface area contributed by atoms with Crippen LogP contribution in [0.1, 0.15) is 46.3 Å². The molecule has 0 atom stereocenters. The van der Waals surface area contributed by atoms with Crippen LogP contribution >= 0.6 is 0 Å². The SMILES string of the molecule is Cc1nn(Cc2cccc(C3CC3)n2)c2cccc(NC(=O)c3cnc4cc(OCCN5CCN(C)CC5)ccn34)c12. The second-order valence-electron chi connectivity index (χ2n) is 11.5. The number of aromatic nitrogens is 5. The van der Waals surface area contributed by atoms with Gasteiger partial charge in [-0.1, -0.05) is 12.1 Å². The summed E-state index contributed by atoms with van der Waals surface area (Å²) in [5, 5.41) is 8.85. The van der Waals surface area contributed by atoms with Gasteiger partial charge < -0.3 is 15.0 Å². The molecule has 1 amide bonds. The second kappa shape index (κ2) is 11.2. The number of aryl methyl sites for hydroxylation is 1. The zero-order valence-corrected chi connectivity index (χ0v) is 24.2. The zero-order valence-electron chi connectivity index (χ0n) is 24.2. The Hall–Kier alpha value is -4.28. The number of imidazole rings is 1. The molecule has 1 aliphatic heterocycles. The summed E-state index contributed by atoms with van der Waals surface area (Å²) in [6, 6.07) is 15.9. The Bertz CT molecular complexity index is 1750. The van der Waals surface area contributed by atoms with Crippen molar-refractivity contribution in [1.29, 1.82) is 0 Å². The molecule has 0 spiro atoms. The number of nitrogens with zero attached hydrogens (tertiary/aromatic N) is 7. The molecule has 10 nitrogen and oxygen atoms in total. The molecule has 1 aromatic carbocycles. The number of carbonyl (C=O) groups excluding carboxylic acids is 1. The minimum atomic E-state index is -0.232. The lowest BCUT2D eigenvalue weighted by molar-refractivity contribution is 0.102. The summed E-state index contributed by atoms with van der Waals surface area (Å²) in [4.78, 5) is 27.6. The Kier molecular flexibility index (Phi) is 7.09. The van der Waals surface area contributed by atoms with Crippen molar-refractivity contribution in [2.45, 2.75) is 32.2 Å². The van der Waals surface area contributed by atoms with Crippen molar-refractivity contribution in [1.82, 2.24) is 33.9 Å². The maximum atomic E-state index is 13.5. The standard InChI is InChI=1S/C32H36N8O2/c1-22-31-27(7-4-8-28(31)40(36-22)21-24-5-3-6-26(34-24)23-9-10-23)35-32(41)29-20-33-30-19-25(11-12-39(29)30)42-18-17-38-15-13-37(2)14-16-38/h3-8,11-12,19-20,23H,9-10,13-18,21H2,1-2H3,(H,35,41). The number of piperazine rings is 1. The van der Waals surface area contributed by atoms with Gasteiger partial charge in [0.25, 0.3) is 5.91 Å². The maximum absolute atomic E-state index is 13.5. The van der Waals surface area contributed by atoms with Gasteiger partial charge in [0, 0.05) is 62.0 Å². The first kappa shape index (κ1) is 26.6. The number of hydrogen-bond acceptors (Lipinski definition) is 7. The van der Waals surface area contributed by atoms with Crippen LogP contribution in [-0.4, -0.2) is 86.2 Å². The number of amides is 1. The van der Waals surface area contributed by atoms with Gasteiger partial charge in [-0.25, -0.2) is 4.98 Å². The Labute approximate surface area is 244 Å². The molecule has 216 valence electrons. The first-order valence-corrected chi connectivity index (χ1v) is 14.8. The summed E-state index contributed by atoms with van der Waals surface area (Å²) >= 11 is 0. The molecule has 1 aliphatic carbocycles. The monoisotopic (exact) mass is 564 g/mol. The van der Waals surface area contributed by atoms with Gasteiger partial charge in [0.15, 0.2) is 0 Å². The van der Waals surface area contributed by atoms with Gasteiger partial charge in [-0.2, -0.15) is 5.10 Å². The van der Waals surface area contributed by atoms with E-state index in [9.17, 15) is 4.79 Å². The Morgan fingerprint density at radius 1 is 1.07 bits per heavy atom. The second-order valence-corrected chi connectivity index (χ2v) is 11.5. The highest BCUT2D eigenvalue weighted by Gasteiger charge is 2.25. The average Bonchev–Trinajstić information content (AvgIpc) is 3.69. The van der Waals surface area contributed by atoms with Gasteiger partial charge in [0.1, 0.15) is 23.7 Å². The molecule has 5 heterocycles.